The molecule has 0 spiro atoms. The molecule has 2 aromatic rings. The lowest BCUT2D eigenvalue weighted by Gasteiger charge is -2.29. The zero-order valence-corrected chi connectivity index (χ0v) is 23.2. The number of hydrogen-bond acceptors (Lipinski definition) is 4. The molecule has 0 bridgehead atoms. The normalized spacial score (nSPS) is 17.2. The van der Waals surface area contributed by atoms with Crippen LogP contribution in [0.2, 0.25) is 0 Å². The van der Waals surface area contributed by atoms with Crippen LogP contribution in [0.4, 0.5) is 15.9 Å². The van der Waals surface area contributed by atoms with Crippen LogP contribution in [0.1, 0.15) is 58.4 Å². The zero-order chi connectivity index (χ0) is 27.5. The maximum absolute atomic E-state index is 13.3. The van der Waals surface area contributed by atoms with Crippen LogP contribution in [0.5, 0.6) is 0 Å². The van der Waals surface area contributed by atoms with E-state index in [1.807, 2.05) is 6.92 Å². The molecule has 0 saturated heterocycles. The Morgan fingerprint density at radius 2 is 2.00 bits per heavy atom. The quantitative estimate of drug-likeness (QED) is 0.391. The summed E-state index contributed by atoms with van der Waals surface area (Å²) in [7, 11) is -1.64. The highest BCUT2D eigenvalue weighted by Crippen LogP contribution is 2.32. The third-order valence-electron chi connectivity index (χ3n) is 6.14. The molecule has 200 valence electrons. The molecule has 1 aliphatic rings. The first-order valence-corrected chi connectivity index (χ1v) is 13.7. The summed E-state index contributed by atoms with van der Waals surface area (Å²) in [6.07, 6.45) is 6.85. The molecule has 8 heteroatoms. The van der Waals surface area contributed by atoms with Crippen LogP contribution in [0, 0.1) is 12.9 Å². The first-order valence-electron chi connectivity index (χ1n) is 12.6. The Bertz CT molecular complexity index is 1180. The van der Waals surface area contributed by atoms with Crippen LogP contribution in [0.15, 0.2) is 77.2 Å². The number of unbranched alkanes of at least 4 members (excludes halogenated alkanes) is 1. The number of aromatic nitrogens is 1. The third kappa shape index (κ3) is 8.76. The van der Waals surface area contributed by atoms with Gasteiger partial charge in [-0.2, -0.15) is 4.39 Å². The van der Waals surface area contributed by atoms with Gasteiger partial charge in [-0.05, 0) is 73.2 Å². The van der Waals surface area contributed by atoms with Crippen molar-refractivity contribution in [2.45, 2.75) is 70.7 Å². The first kappa shape index (κ1) is 30.1. The minimum atomic E-state index is -1.64. The Labute approximate surface area is 223 Å². The predicted octanol–water partition coefficient (Wildman–Crippen LogP) is 6.37. The van der Waals surface area contributed by atoms with Crippen molar-refractivity contribution in [3.8, 4) is 0 Å². The van der Waals surface area contributed by atoms with E-state index in [1.165, 1.54) is 38.0 Å². The number of hydrogen-bond donors (Lipinski definition) is 2. The second-order valence-corrected chi connectivity index (χ2v) is 10.3. The maximum atomic E-state index is 13.3. The van der Waals surface area contributed by atoms with Gasteiger partial charge in [-0.15, -0.1) is 0 Å². The number of rotatable bonds is 8. The van der Waals surface area contributed by atoms with E-state index in [-0.39, 0.29) is 17.8 Å². The lowest BCUT2D eigenvalue weighted by atomic mass is 9.84. The molecule has 6 nitrogen and oxygen atoms in total. The van der Waals surface area contributed by atoms with E-state index in [4.69, 9.17) is 5.73 Å². The Hall–Kier alpha value is -3.10. The zero-order valence-electron chi connectivity index (χ0n) is 22.4. The van der Waals surface area contributed by atoms with Gasteiger partial charge in [-0.1, -0.05) is 57.6 Å². The van der Waals surface area contributed by atoms with Crippen molar-refractivity contribution in [2.75, 3.05) is 16.2 Å². The Morgan fingerprint density at radius 3 is 2.57 bits per heavy atom. The molecule has 1 saturated carbocycles. The summed E-state index contributed by atoms with van der Waals surface area (Å²) in [6.45, 7) is 16.2. The molecule has 1 aromatic heterocycles. The highest BCUT2D eigenvalue weighted by molar-refractivity contribution is 7.86. The standard InChI is InChI=1S/C25H29FN4O2S.C4H10/c1-5-19(22-14-20(27)10-9-16(22)2)15-30(18(4)31)23-12-11-21(13-17(23)3)33(32)29-25-8-6-7-24(26)28-25;1-3-4-2/h5-8,11-13,20H,1-2,9-10,14-15,27H2,3-4H3,(H,28,29);3-4H2,1-2H3/b22-19+;. The lowest BCUT2D eigenvalue weighted by Crippen LogP contribution is -2.32. The molecule has 0 aliphatic heterocycles. The van der Waals surface area contributed by atoms with Crippen LogP contribution < -0.4 is 15.4 Å². The number of pyridine rings is 1. The summed E-state index contributed by atoms with van der Waals surface area (Å²) in [4.78, 5) is 18.4. The van der Waals surface area contributed by atoms with Crippen molar-refractivity contribution in [3.05, 3.63) is 83.9 Å². The highest BCUT2D eigenvalue weighted by atomic mass is 32.2. The van der Waals surface area contributed by atoms with Crippen molar-refractivity contribution in [2.24, 2.45) is 5.73 Å². The fourth-order valence-corrected chi connectivity index (χ4v) is 4.76. The fraction of sp³-hybridized carbons (Fsp3) is 0.379. The largest absolute Gasteiger partial charge is 0.327 e. The maximum Gasteiger partial charge on any atom is 0.224 e. The van der Waals surface area contributed by atoms with Crippen LogP contribution in [0.3, 0.4) is 0 Å². The minimum Gasteiger partial charge on any atom is -0.327 e. The minimum absolute atomic E-state index is 0.0716. The van der Waals surface area contributed by atoms with Crippen molar-refractivity contribution >= 4 is 28.4 Å². The molecular weight excluding hydrogens is 487 g/mol. The Kier molecular flexibility index (Phi) is 11.9. The first-order chi connectivity index (χ1) is 17.6. The smallest absolute Gasteiger partial charge is 0.224 e. The average Bonchev–Trinajstić information content (AvgIpc) is 2.86. The summed E-state index contributed by atoms with van der Waals surface area (Å²) in [5.74, 6) is -0.609. The van der Waals surface area contributed by atoms with Gasteiger partial charge in [0.25, 0.3) is 0 Å². The number of halogens is 1. The average molecular weight is 527 g/mol. The molecule has 3 rings (SSSR count). The Balaban J connectivity index is 0.00000112. The van der Waals surface area contributed by atoms with Gasteiger partial charge in [0.15, 0.2) is 11.0 Å². The number of carbonyl (C=O) groups excluding carboxylic acids is 1. The van der Waals surface area contributed by atoms with Crippen LogP contribution in [-0.4, -0.2) is 27.7 Å². The monoisotopic (exact) mass is 526 g/mol. The SMILES string of the molecule is C=C/C(CN(C(C)=O)c1ccc(S(=O)Nc2cccc(F)n2)cc1C)=C1/CC(N)CCC1=C.CCCC. The van der Waals surface area contributed by atoms with Gasteiger partial charge in [0.05, 0.1) is 11.4 Å². The molecule has 2 atom stereocenters. The molecule has 1 amide bonds. The van der Waals surface area contributed by atoms with E-state index in [0.29, 0.717) is 23.5 Å². The van der Waals surface area contributed by atoms with E-state index >= 15 is 0 Å². The van der Waals surface area contributed by atoms with Gasteiger partial charge in [0.1, 0.15) is 5.82 Å². The lowest BCUT2D eigenvalue weighted by molar-refractivity contribution is -0.116. The van der Waals surface area contributed by atoms with Crippen LogP contribution in [-0.2, 0) is 15.8 Å². The molecular formula is C29H39FN4O2S. The van der Waals surface area contributed by atoms with Gasteiger partial charge in [-0.3, -0.25) is 9.52 Å². The second-order valence-electron chi connectivity index (χ2n) is 9.08. The summed E-state index contributed by atoms with van der Waals surface area (Å²) in [5.41, 5.74) is 10.7. The number of allylic oxidation sites excluding steroid dienone is 1. The third-order valence-corrected chi connectivity index (χ3v) is 7.21. The van der Waals surface area contributed by atoms with Gasteiger partial charge >= 0.3 is 0 Å². The van der Waals surface area contributed by atoms with Gasteiger partial charge < -0.3 is 10.6 Å². The number of anilines is 2. The molecule has 1 heterocycles. The molecule has 0 radical (unpaired) electrons. The molecule has 1 fully saturated rings. The second kappa shape index (κ2) is 14.6. The molecule has 3 N–H and O–H groups in total. The van der Waals surface area contributed by atoms with Crippen molar-refractivity contribution < 1.29 is 13.4 Å². The number of amides is 1. The van der Waals surface area contributed by atoms with Gasteiger partial charge in [0.2, 0.25) is 11.9 Å². The van der Waals surface area contributed by atoms with Gasteiger partial charge in [-0.25, -0.2) is 9.19 Å². The number of nitrogens with one attached hydrogen (secondary N) is 1. The molecule has 1 aliphatic carbocycles. The number of benzene rings is 1. The summed E-state index contributed by atoms with van der Waals surface area (Å²) >= 11 is 0. The summed E-state index contributed by atoms with van der Waals surface area (Å²) < 4.78 is 28.7. The van der Waals surface area contributed by atoms with E-state index < -0.39 is 16.9 Å². The van der Waals surface area contributed by atoms with E-state index in [9.17, 15) is 13.4 Å². The van der Waals surface area contributed by atoms with Crippen LogP contribution >= 0.6 is 0 Å². The molecule has 2 unspecified atom stereocenters. The van der Waals surface area contributed by atoms with Crippen molar-refractivity contribution in [1.29, 1.82) is 0 Å². The number of nitrogens with zero attached hydrogens (tertiary/aromatic N) is 2. The number of nitrogens with two attached hydrogens (primary N) is 1. The Morgan fingerprint density at radius 1 is 1.30 bits per heavy atom. The predicted molar refractivity (Wildman–Crippen MR) is 152 cm³/mol. The summed E-state index contributed by atoms with van der Waals surface area (Å²) in [5, 5.41) is 0. The van der Waals surface area contributed by atoms with Crippen molar-refractivity contribution in [3.63, 3.8) is 0 Å². The van der Waals surface area contributed by atoms with Crippen molar-refractivity contribution in [1.82, 2.24) is 4.98 Å². The van der Waals surface area contributed by atoms with Crippen LogP contribution in [0.25, 0.3) is 0 Å². The van der Waals surface area contributed by atoms with E-state index in [1.54, 1.807) is 29.2 Å². The fourth-order valence-electron chi connectivity index (χ4n) is 3.86. The molecule has 1 aromatic carbocycles. The van der Waals surface area contributed by atoms with E-state index in [0.717, 1.165) is 35.1 Å². The topological polar surface area (TPSA) is 88.3 Å². The molecule has 37 heavy (non-hydrogen) atoms. The summed E-state index contributed by atoms with van der Waals surface area (Å²) in [6, 6.07) is 9.49. The highest BCUT2D eigenvalue weighted by Gasteiger charge is 2.22. The van der Waals surface area contributed by atoms with E-state index in [2.05, 4.69) is 36.7 Å². The van der Waals surface area contributed by atoms with Gasteiger partial charge in [0, 0.05) is 18.7 Å². The number of aryl methyl sites for hydroxylation is 1. The number of carbonyl (C=O) groups is 1.